The van der Waals surface area contributed by atoms with Crippen LogP contribution in [0, 0.1) is 0 Å². The van der Waals surface area contributed by atoms with Gasteiger partial charge in [-0.1, -0.05) is 60.7 Å². The summed E-state index contributed by atoms with van der Waals surface area (Å²) in [6.07, 6.45) is -0.717. The minimum absolute atomic E-state index is 0.165. The van der Waals surface area contributed by atoms with Crippen molar-refractivity contribution in [1.29, 1.82) is 0 Å². The van der Waals surface area contributed by atoms with Gasteiger partial charge in [-0.05, 0) is 66.5 Å². The molecular weight excluding hydrogens is 538 g/mol. The highest BCUT2D eigenvalue weighted by Crippen LogP contribution is 2.26. The number of amides is 3. The van der Waals surface area contributed by atoms with Gasteiger partial charge in [0.05, 0.1) is 6.61 Å². The topological polar surface area (TPSA) is 134 Å². The molecule has 0 aliphatic heterocycles. The first-order valence-electron chi connectivity index (χ1n) is 14.1. The van der Waals surface area contributed by atoms with Crippen LogP contribution in [0.3, 0.4) is 0 Å². The van der Waals surface area contributed by atoms with Crippen LogP contribution < -0.4 is 10.6 Å². The first-order valence-corrected chi connectivity index (χ1v) is 14.1. The lowest BCUT2D eigenvalue weighted by atomic mass is 9.99. The lowest BCUT2D eigenvalue weighted by Crippen LogP contribution is -2.57. The first kappa shape index (κ1) is 34.3. The largest absolute Gasteiger partial charge is 0.458 e. The number of esters is 1. The molecule has 230 valence electrons. The molecule has 2 aromatic carbocycles. The number of ether oxygens (including phenoxy) is 2. The average Bonchev–Trinajstić information content (AvgIpc) is 2.88. The molecular formula is C32H45N3O7. The van der Waals surface area contributed by atoms with Crippen molar-refractivity contribution in [2.45, 2.75) is 97.2 Å². The van der Waals surface area contributed by atoms with Crippen molar-refractivity contribution < 1.29 is 33.8 Å². The van der Waals surface area contributed by atoms with Gasteiger partial charge in [0, 0.05) is 12.5 Å². The fourth-order valence-electron chi connectivity index (χ4n) is 4.24. The van der Waals surface area contributed by atoms with Crippen LogP contribution in [0.5, 0.6) is 0 Å². The van der Waals surface area contributed by atoms with Crippen molar-refractivity contribution in [2.24, 2.45) is 0 Å². The zero-order chi connectivity index (χ0) is 31.7. The Morgan fingerprint density at radius 1 is 0.786 bits per heavy atom. The predicted octanol–water partition coefficient (Wildman–Crippen LogP) is 3.92. The third-order valence-corrected chi connectivity index (χ3v) is 5.91. The molecule has 42 heavy (non-hydrogen) atoms. The predicted molar refractivity (Wildman–Crippen MR) is 159 cm³/mol. The Morgan fingerprint density at radius 3 is 1.79 bits per heavy atom. The smallest absolute Gasteiger partial charge is 0.408 e. The lowest BCUT2D eigenvalue weighted by molar-refractivity contribution is -0.159. The summed E-state index contributed by atoms with van der Waals surface area (Å²) >= 11 is 0. The number of carbonyl (C=O) groups excluding carboxylic acids is 4. The normalized spacial score (nSPS) is 13.9. The number of hydrogen-bond acceptors (Lipinski definition) is 7. The van der Waals surface area contributed by atoms with E-state index in [1.807, 2.05) is 30.3 Å². The Morgan fingerprint density at radius 2 is 1.31 bits per heavy atom. The van der Waals surface area contributed by atoms with Crippen LogP contribution in [0.15, 0.2) is 60.7 Å². The maximum atomic E-state index is 14.1. The molecule has 0 spiro atoms. The van der Waals surface area contributed by atoms with E-state index in [0.717, 1.165) is 5.56 Å². The van der Waals surface area contributed by atoms with Gasteiger partial charge in [-0.25, -0.2) is 9.59 Å². The molecule has 0 aromatic heterocycles. The number of aliphatic hydroxyl groups is 1. The zero-order valence-corrected chi connectivity index (χ0v) is 25.8. The molecule has 0 radical (unpaired) electrons. The van der Waals surface area contributed by atoms with Crippen molar-refractivity contribution in [3.05, 3.63) is 71.8 Å². The van der Waals surface area contributed by atoms with E-state index < -0.39 is 65.9 Å². The van der Waals surface area contributed by atoms with Crippen LogP contribution in [0.4, 0.5) is 4.79 Å². The minimum atomic E-state index is -1.38. The van der Waals surface area contributed by atoms with Crippen molar-refractivity contribution in [3.63, 3.8) is 0 Å². The van der Waals surface area contributed by atoms with Gasteiger partial charge >= 0.3 is 12.1 Å². The van der Waals surface area contributed by atoms with Gasteiger partial charge in [0.25, 0.3) is 0 Å². The van der Waals surface area contributed by atoms with Gasteiger partial charge < -0.3 is 30.1 Å². The number of rotatable bonds is 11. The summed E-state index contributed by atoms with van der Waals surface area (Å²) in [5, 5.41) is 15.3. The Bertz CT molecular complexity index is 1190. The second-order valence-corrected chi connectivity index (χ2v) is 12.3. The van der Waals surface area contributed by atoms with E-state index in [2.05, 4.69) is 10.6 Å². The second-order valence-electron chi connectivity index (χ2n) is 12.3. The highest BCUT2D eigenvalue weighted by atomic mass is 16.6. The quantitative estimate of drug-likeness (QED) is 0.342. The molecule has 0 aliphatic rings. The van der Waals surface area contributed by atoms with E-state index in [0.29, 0.717) is 5.56 Å². The molecule has 3 amide bonds. The minimum Gasteiger partial charge on any atom is -0.458 e. The van der Waals surface area contributed by atoms with Crippen LogP contribution in [0.1, 0.15) is 72.6 Å². The Balaban J connectivity index is 2.49. The summed E-state index contributed by atoms with van der Waals surface area (Å²) in [7, 11) is 0. The van der Waals surface area contributed by atoms with E-state index in [1.165, 1.54) is 4.90 Å². The Labute approximate surface area is 248 Å². The molecule has 0 bridgehead atoms. The molecule has 3 unspecified atom stereocenters. The van der Waals surface area contributed by atoms with Crippen LogP contribution in [0.25, 0.3) is 0 Å². The van der Waals surface area contributed by atoms with Gasteiger partial charge in [0.15, 0.2) is 0 Å². The third kappa shape index (κ3) is 10.8. The van der Waals surface area contributed by atoms with Crippen molar-refractivity contribution in [3.8, 4) is 0 Å². The van der Waals surface area contributed by atoms with Crippen LogP contribution in [-0.4, -0.2) is 69.8 Å². The number of carbonyl (C=O) groups is 4. The first-order chi connectivity index (χ1) is 19.5. The lowest BCUT2D eigenvalue weighted by Gasteiger charge is -2.37. The van der Waals surface area contributed by atoms with Crippen molar-refractivity contribution in [2.75, 3.05) is 6.61 Å². The van der Waals surface area contributed by atoms with E-state index in [-0.39, 0.29) is 6.42 Å². The summed E-state index contributed by atoms with van der Waals surface area (Å²) in [5.74, 6) is -1.93. The number of nitrogens with zero attached hydrogens (tertiary/aromatic N) is 1. The molecule has 10 nitrogen and oxygen atoms in total. The van der Waals surface area contributed by atoms with E-state index in [1.54, 1.807) is 85.7 Å². The Hall–Kier alpha value is -3.92. The number of benzene rings is 2. The van der Waals surface area contributed by atoms with Gasteiger partial charge in [-0.15, -0.1) is 0 Å². The second kappa shape index (κ2) is 14.8. The summed E-state index contributed by atoms with van der Waals surface area (Å²) in [6, 6.07) is 13.7. The van der Waals surface area contributed by atoms with Gasteiger partial charge in [0.2, 0.25) is 11.8 Å². The summed E-state index contributed by atoms with van der Waals surface area (Å²) in [5.41, 5.74) is -0.332. The van der Waals surface area contributed by atoms with Crippen molar-refractivity contribution >= 4 is 23.9 Å². The molecule has 0 fully saturated rings. The molecule has 3 atom stereocenters. The molecule has 0 saturated heterocycles. The molecule has 0 heterocycles. The highest BCUT2D eigenvalue weighted by Gasteiger charge is 2.39. The molecule has 0 aliphatic carbocycles. The van der Waals surface area contributed by atoms with Gasteiger partial charge in [-0.2, -0.15) is 0 Å². The Kier molecular flexibility index (Phi) is 12.1. The monoisotopic (exact) mass is 583 g/mol. The number of hydrogen-bond donors (Lipinski definition) is 3. The molecule has 10 heteroatoms. The number of nitrogens with one attached hydrogen (secondary N) is 2. The number of alkyl carbamates (subject to hydrolysis) is 1. The third-order valence-electron chi connectivity index (χ3n) is 5.91. The van der Waals surface area contributed by atoms with Crippen LogP contribution in [-0.2, 0) is 30.3 Å². The maximum Gasteiger partial charge on any atom is 0.408 e. The summed E-state index contributed by atoms with van der Waals surface area (Å²) in [4.78, 5) is 55.0. The fraction of sp³-hybridized carbons (Fsp3) is 0.500. The molecule has 0 saturated carbocycles. The maximum absolute atomic E-state index is 14.1. The standard InChI is InChI=1S/C32H45N3O7/c1-21(2)35(28(38)25(20-36)34-30(40)42-32(6,7)8)26(23-17-13-10-14-18-23)27(37)33-24(29(39)41-31(3,4)5)19-22-15-11-9-12-16-22/h9-18,21,24-26,36H,19-20H2,1-8H3,(H,33,37)(H,34,40). The zero-order valence-electron chi connectivity index (χ0n) is 25.8. The molecule has 3 N–H and O–H groups in total. The summed E-state index contributed by atoms with van der Waals surface area (Å²) < 4.78 is 10.9. The van der Waals surface area contributed by atoms with E-state index in [4.69, 9.17) is 9.47 Å². The molecule has 2 aromatic rings. The van der Waals surface area contributed by atoms with E-state index in [9.17, 15) is 24.3 Å². The SMILES string of the molecule is CC(C)N(C(=O)C(CO)NC(=O)OC(C)(C)C)C(C(=O)NC(Cc1ccccc1)C(=O)OC(C)(C)C)c1ccccc1. The average molecular weight is 584 g/mol. The fourth-order valence-corrected chi connectivity index (χ4v) is 4.24. The van der Waals surface area contributed by atoms with Crippen LogP contribution >= 0.6 is 0 Å². The highest BCUT2D eigenvalue weighted by molar-refractivity contribution is 5.94. The number of aliphatic hydroxyl groups excluding tert-OH is 1. The van der Waals surface area contributed by atoms with Gasteiger partial charge in [-0.3, -0.25) is 9.59 Å². The summed E-state index contributed by atoms with van der Waals surface area (Å²) in [6.45, 7) is 13.0. The van der Waals surface area contributed by atoms with Crippen LogP contribution in [0.2, 0.25) is 0 Å². The van der Waals surface area contributed by atoms with Gasteiger partial charge in [0.1, 0.15) is 29.3 Å². The molecule has 2 rings (SSSR count). The van der Waals surface area contributed by atoms with Crippen molar-refractivity contribution in [1.82, 2.24) is 15.5 Å². The van der Waals surface area contributed by atoms with E-state index >= 15 is 0 Å².